The van der Waals surface area contributed by atoms with Crippen LogP contribution in [0.15, 0.2) is 59.9 Å². The summed E-state index contributed by atoms with van der Waals surface area (Å²) >= 11 is 14.0. The summed E-state index contributed by atoms with van der Waals surface area (Å²) in [5, 5.41) is 23.0. The molecule has 3 N–H and O–H groups in total. The van der Waals surface area contributed by atoms with E-state index in [9.17, 15) is 14.7 Å². The van der Waals surface area contributed by atoms with Crippen LogP contribution in [0, 0.1) is 11.3 Å². The Morgan fingerprint density at radius 2 is 1.89 bits per heavy atom. The third-order valence-electron chi connectivity index (χ3n) is 6.15. The fourth-order valence-electron chi connectivity index (χ4n) is 3.97. The maximum Gasteiger partial charge on any atom is 0.348 e. The smallest absolute Gasteiger partial charge is 0.348 e. The summed E-state index contributed by atoms with van der Waals surface area (Å²) in [6.07, 6.45) is 3.52. The van der Waals surface area contributed by atoms with Crippen molar-refractivity contribution in [2.24, 2.45) is 5.92 Å². The highest BCUT2D eigenvalue weighted by Gasteiger charge is 2.31. The Morgan fingerprint density at radius 1 is 1.16 bits per heavy atom. The molecule has 0 unspecified atom stereocenters. The predicted molar refractivity (Wildman–Crippen MR) is 150 cm³/mol. The number of hydrogen-bond acceptors (Lipinski definition) is 7. The number of amides is 1. The molecule has 38 heavy (non-hydrogen) atoms. The standard InChI is InChI=1S/C28H26Cl2N2O5S/c1-36-28(35)24-12-10-19(38-24)9-7-17-13-18(8-11-23(17)32-15-33)37-14-20(27(34)16-5-6-16)26(31)25-21(29)3-2-4-22(25)30/h2-4,8,10-13,15-16,31,34H,5-7,9,14H2,1H3,(H,32,33)/b27-20-,31-26?. The molecular formula is C28H26Cl2N2O5S. The van der Waals surface area contributed by atoms with Gasteiger partial charge in [-0.05, 0) is 73.7 Å². The molecule has 1 aromatic heterocycles. The number of nitrogens with one attached hydrogen (secondary N) is 2. The van der Waals surface area contributed by atoms with Gasteiger partial charge in [-0.1, -0.05) is 29.3 Å². The van der Waals surface area contributed by atoms with Crippen molar-refractivity contribution in [2.45, 2.75) is 25.7 Å². The van der Waals surface area contributed by atoms with Crippen molar-refractivity contribution < 1.29 is 24.2 Å². The zero-order valence-electron chi connectivity index (χ0n) is 20.6. The molecule has 0 atom stereocenters. The molecule has 0 radical (unpaired) electrons. The third-order valence-corrected chi connectivity index (χ3v) is 7.91. The lowest BCUT2D eigenvalue weighted by molar-refractivity contribution is -0.105. The van der Waals surface area contributed by atoms with Gasteiger partial charge in [-0.3, -0.25) is 10.2 Å². The molecule has 0 spiro atoms. The molecule has 0 bridgehead atoms. The molecule has 0 aliphatic heterocycles. The SMILES string of the molecule is COC(=O)c1ccc(CCc2cc(OC/C(C(=N)c3c(Cl)cccc3Cl)=C(/O)C3CC3)ccc2NC=O)s1. The van der Waals surface area contributed by atoms with Crippen molar-refractivity contribution in [1.82, 2.24) is 0 Å². The monoisotopic (exact) mass is 572 g/mol. The van der Waals surface area contributed by atoms with E-state index in [-0.39, 0.29) is 30.0 Å². The van der Waals surface area contributed by atoms with Gasteiger partial charge in [0.15, 0.2) is 0 Å². The van der Waals surface area contributed by atoms with Gasteiger partial charge in [0.2, 0.25) is 6.41 Å². The number of rotatable bonds is 12. The average molecular weight is 573 g/mol. The maximum absolute atomic E-state index is 11.8. The van der Waals surface area contributed by atoms with Crippen LogP contribution >= 0.6 is 34.5 Å². The lowest BCUT2D eigenvalue weighted by atomic mass is 10.00. The average Bonchev–Trinajstić information content (AvgIpc) is 3.65. The van der Waals surface area contributed by atoms with E-state index in [1.54, 1.807) is 36.4 Å². The van der Waals surface area contributed by atoms with Gasteiger partial charge >= 0.3 is 5.97 Å². The molecule has 1 aliphatic carbocycles. The first-order valence-electron chi connectivity index (χ1n) is 11.9. The second-order valence-electron chi connectivity index (χ2n) is 8.74. The van der Waals surface area contributed by atoms with Gasteiger partial charge in [-0.25, -0.2) is 4.79 Å². The van der Waals surface area contributed by atoms with Gasteiger partial charge in [-0.2, -0.15) is 0 Å². The first-order chi connectivity index (χ1) is 18.3. The molecular weight excluding hydrogens is 547 g/mol. The highest BCUT2D eigenvalue weighted by atomic mass is 35.5. The largest absolute Gasteiger partial charge is 0.512 e. The highest BCUT2D eigenvalue weighted by molar-refractivity contribution is 7.13. The number of benzene rings is 2. The molecule has 7 nitrogen and oxygen atoms in total. The summed E-state index contributed by atoms with van der Waals surface area (Å²) < 4.78 is 10.8. The van der Waals surface area contributed by atoms with E-state index >= 15 is 0 Å². The Morgan fingerprint density at radius 3 is 2.55 bits per heavy atom. The van der Waals surface area contributed by atoms with E-state index in [1.807, 2.05) is 12.1 Å². The third kappa shape index (κ3) is 6.56. The Labute approximate surface area is 234 Å². The van der Waals surface area contributed by atoms with Crippen LogP contribution in [0.4, 0.5) is 5.69 Å². The summed E-state index contributed by atoms with van der Waals surface area (Å²) in [7, 11) is 1.35. The van der Waals surface area contributed by atoms with Gasteiger partial charge in [-0.15, -0.1) is 11.3 Å². The number of allylic oxidation sites excluding steroid dienone is 1. The zero-order valence-corrected chi connectivity index (χ0v) is 22.9. The number of carbonyl (C=O) groups excluding carboxylic acids is 2. The van der Waals surface area contributed by atoms with Gasteiger partial charge in [0, 0.05) is 22.0 Å². The Bertz CT molecular complexity index is 1380. The van der Waals surface area contributed by atoms with E-state index in [2.05, 4.69) is 5.32 Å². The van der Waals surface area contributed by atoms with Crippen LogP contribution in [0.3, 0.4) is 0 Å². The lowest BCUT2D eigenvalue weighted by Gasteiger charge is -2.17. The molecule has 1 heterocycles. The summed E-state index contributed by atoms with van der Waals surface area (Å²) in [6, 6.07) is 13.9. The van der Waals surface area contributed by atoms with Crippen molar-refractivity contribution in [3.05, 3.63) is 90.8 Å². The number of hydrogen-bond donors (Lipinski definition) is 3. The molecule has 1 amide bonds. The van der Waals surface area contributed by atoms with Crippen molar-refractivity contribution in [1.29, 1.82) is 5.41 Å². The number of thiophene rings is 1. The topological polar surface area (TPSA) is 109 Å². The molecule has 1 aliphatic rings. The number of anilines is 1. The summed E-state index contributed by atoms with van der Waals surface area (Å²) in [5.41, 5.74) is 2.17. The molecule has 1 saturated carbocycles. The van der Waals surface area contributed by atoms with Crippen molar-refractivity contribution >= 4 is 58.3 Å². The molecule has 2 aromatic carbocycles. The van der Waals surface area contributed by atoms with Crippen molar-refractivity contribution in [3.63, 3.8) is 0 Å². The van der Waals surface area contributed by atoms with Gasteiger partial charge in [0.25, 0.3) is 0 Å². The highest BCUT2D eigenvalue weighted by Crippen LogP contribution is 2.38. The normalized spacial score (nSPS) is 13.4. The number of methoxy groups -OCH3 is 1. The number of aliphatic hydroxyl groups is 1. The van der Waals surface area contributed by atoms with Crippen LogP contribution in [0.5, 0.6) is 5.75 Å². The lowest BCUT2D eigenvalue weighted by Crippen LogP contribution is -2.16. The van der Waals surface area contributed by atoms with Crippen LogP contribution in [-0.2, 0) is 22.4 Å². The Kier molecular flexibility index (Phi) is 9.09. The first-order valence-corrected chi connectivity index (χ1v) is 13.5. The summed E-state index contributed by atoms with van der Waals surface area (Å²) in [6.45, 7) is -0.0595. The van der Waals surface area contributed by atoms with Crippen LogP contribution < -0.4 is 10.1 Å². The molecule has 198 valence electrons. The summed E-state index contributed by atoms with van der Waals surface area (Å²) in [5.74, 6) is 0.245. The van der Waals surface area contributed by atoms with Crippen LogP contribution in [-0.4, -0.2) is 36.9 Å². The minimum atomic E-state index is -0.373. The number of aryl methyl sites for hydroxylation is 2. The fourth-order valence-corrected chi connectivity index (χ4v) is 5.48. The number of aliphatic hydroxyl groups excluding tert-OH is 1. The van der Waals surface area contributed by atoms with E-state index in [0.717, 1.165) is 23.3 Å². The van der Waals surface area contributed by atoms with Crippen molar-refractivity contribution in [2.75, 3.05) is 19.0 Å². The van der Waals surface area contributed by atoms with E-state index < -0.39 is 0 Å². The number of ether oxygens (including phenoxy) is 2. The summed E-state index contributed by atoms with van der Waals surface area (Å²) in [4.78, 5) is 24.4. The quantitative estimate of drug-likeness (QED) is 0.0949. The molecule has 3 aromatic rings. The molecule has 1 fully saturated rings. The predicted octanol–water partition coefficient (Wildman–Crippen LogP) is 6.86. The number of esters is 1. The van der Waals surface area contributed by atoms with Gasteiger partial charge in [0.1, 0.15) is 23.0 Å². The minimum absolute atomic E-state index is 0.00869. The Balaban J connectivity index is 1.54. The van der Waals surface area contributed by atoms with Crippen LogP contribution in [0.1, 0.15) is 38.5 Å². The molecule has 4 rings (SSSR count). The van der Waals surface area contributed by atoms with Gasteiger partial charge < -0.3 is 19.9 Å². The van der Waals surface area contributed by atoms with E-state index in [1.165, 1.54) is 18.4 Å². The minimum Gasteiger partial charge on any atom is -0.512 e. The zero-order chi connectivity index (χ0) is 27.2. The Hall–Kier alpha value is -3.33. The van der Waals surface area contributed by atoms with Crippen LogP contribution in [0.25, 0.3) is 0 Å². The second-order valence-corrected chi connectivity index (χ2v) is 10.7. The van der Waals surface area contributed by atoms with E-state index in [0.29, 0.717) is 56.7 Å². The molecule has 10 heteroatoms. The van der Waals surface area contributed by atoms with Gasteiger partial charge in [0.05, 0.1) is 28.4 Å². The van der Waals surface area contributed by atoms with Crippen LogP contribution in [0.2, 0.25) is 10.0 Å². The maximum atomic E-state index is 11.8. The fraction of sp³-hybridized carbons (Fsp3) is 0.250. The van der Waals surface area contributed by atoms with Crippen molar-refractivity contribution in [3.8, 4) is 5.75 Å². The molecule has 0 saturated heterocycles. The van der Waals surface area contributed by atoms with E-state index in [4.69, 9.17) is 38.1 Å². The second kappa shape index (κ2) is 12.5. The number of halogens is 2. The number of carbonyl (C=O) groups is 2. The first kappa shape index (κ1) is 27.7.